The number of rotatable bonds is 0. The molecule has 0 spiro atoms. The molecule has 0 aromatic heterocycles. The second kappa shape index (κ2) is 151. The fourth-order valence-corrected chi connectivity index (χ4v) is 0. The van der Waals surface area contributed by atoms with E-state index in [2.05, 4.69) is 0 Å². The summed E-state index contributed by atoms with van der Waals surface area (Å²) in [6.45, 7) is 9.42. The SMILES string of the molecule is CC[O-].CC[O-].CC[O-].CC[O-].CC[O-].CC[O-].[Cl-].[Mg+2]. The maximum atomic E-state index is 8.93. The van der Waals surface area contributed by atoms with E-state index in [-0.39, 0.29) is 75.1 Å². The molecule has 0 aromatic rings. The molecule has 0 aliphatic heterocycles. The van der Waals surface area contributed by atoms with Crippen molar-refractivity contribution < 1.29 is 43.0 Å². The van der Waals surface area contributed by atoms with Gasteiger partial charge in [0.2, 0.25) is 0 Å². The smallest absolute Gasteiger partial charge is 1.00 e. The molecule has 0 bridgehead atoms. The summed E-state index contributed by atoms with van der Waals surface area (Å²) in [6, 6.07) is 0. The third-order valence-corrected chi connectivity index (χ3v) is 0. The Labute approximate surface area is 147 Å². The molecule has 20 heavy (non-hydrogen) atoms. The molecular weight excluding hydrogens is 300 g/mol. The molecule has 0 aliphatic rings. The number of hydrogen-bond donors (Lipinski definition) is 0. The topological polar surface area (TPSA) is 138 Å². The van der Waals surface area contributed by atoms with Crippen LogP contribution in [0.15, 0.2) is 0 Å². The molecule has 0 radical (unpaired) electrons. The van der Waals surface area contributed by atoms with Gasteiger partial charge < -0.3 is 43.0 Å². The van der Waals surface area contributed by atoms with Gasteiger partial charge in [-0.2, -0.15) is 0 Å². The van der Waals surface area contributed by atoms with E-state index in [4.69, 9.17) is 30.6 Å². The predicted molar refractivity (Wildman–Crippen MR) is 69.0 cm³/mol. The van der Waals surface area contributed by atoms with E-state index in [1.165, 1.54) is 0 Å². The van der Waals surface area contributed by atoms with Crippen molar-refractivity contribution in [2.45, 2.75) is 41.5 Å². The fraction of sp³-hybridized carbons (Fsp3) is 1.00. The molecule has 0 N–H and O–H groups in total. The largest absolute Gasteiger partial charge is 2.00 e. The minimum Gasteiger partial charge on any atom is -1.00 e. The van der Waals surface area contributed by atoms with Crippen LogP contribution in [0, 0.1) is 0 Å². The molecule has 0 saturated carbocycles. The molecule has 128 valence electrons. The van der Waals surface area contributed by atoms with Crippen LogP contribution in [0.1, 0.15) is 41.5 Å². The van der Waals surface area contributed by atoms with Crippen LogP contribution >= 0.6 is 0 Å². The normalized spacial score (nSPS) is 5.40. The van der Waals surface area contributed by atoms with Crippen molar-refractivity contribution in [3.63, 3.8) is 0 Å². The van der Waals surface area contributed by atoms with Gasteiger partial charge >= 0.3 is 23.1 Å². The predicted octanol–water partition coefficient (Wildman–Crippen LogP) is -7.18. The van der Waals surface area contributed by atoms with E-state index < -0.39 is 0 Å². The van der Waals surface area contributed by atoms with Gasteiger partial charge in [0.05, 0.1) is 0 Å². The van der Waals surface area contributed by atoms with E-state index in [9.17, 15) is 0 Å². The maximum absolute atomic E-state index is 8.93. The first kappa shape index (κ1) is 49.8. The molecule has 8 heteroatoms. The molecule has 0 saturated heterocycles. The molecule has 0 fully saturated rings. The van der Waals surface area contributed by atoms with Gasteiger partial charge in [0.1, 0.15) is 0 Å². The van der Waals surface area contributed by atoms with Crippen molar-refractivity contribution in [1.29, 1.82) is 0 Å². The van der Waals surface area contributed by atoms with E-state index in [1.807, 2.05) is 0 Å². The van der Waals surface area contributed by atoms with Crippen LogP contribution in [0.5, 0.6) is 0 Å². The molecule has 0 rings (SSSR count). The first-order valence-corrected chi connectivity index (χ1v) is 5.97. The van der Waals surface area contributed by atoms with Crippen LogP contribution in [0.2, 0.25) is 0 Å². The summed E-state index contributed by atoms with van der Waals surface area (Å²) >= 11 is 0. The molecule has 0 amide bonds. The van der Waals surface area contributed by atoms with E-state index >= 15 is 0 Å². The van der Waals surface area contributed by atoms with Crippen LogP contribution in [0.25, 0.3) is 0 Å². The van der Waals surface area contributed by atoms with Crippen LogP contribution in [0.3, 0.4) is 0 Å². The second-order valence-corrected chi connectivity index (χ2v) is 1.73. The Morgan fingerprint density at radius 1 is 0.400 bits per heavy atom. The molecule has 0 heterocycles. The molecule has 0 unspecified atom stereocenters. The minimum atomic E-state index is 0. The molecule has 0 atom stereocenters. The summed E-state index contributed by atoms with van der Waals surface area (Å²) in [5, 5.41) is 53.6. The van der Waals surface area contributed by atoms with Crippen molar-refractivity contribution in [3.8, 4) is 0 Å². The first-order chi connectivity index (χ1) is 8.49. The van der Waals surface area contributed by atoms with Gasteiger partial charge in [-0.15, -0.1) is 39.6 Å². The molecular formula is C12H30ClMgO6-5. The van der Waals surface area contributed by atoms with Crippen LogP contribution in [-0.4, -0.2) is 62.7 Å². The van der Waals surface area contributed by atoms with Gasteiger partial charge in [-0.25, -0.2) is 0 Å². The van der Waals surface area contributed by atoms with Gasteiger partial charge in [0, 0.05) is 0 Å². The Hall–Kier alpha value is 0.816. The van der Waals surface area contributed by atoms with Gasteiger partial charge in [0.15, 0.2) is 0 Å². The summed E-state index contributed by atoms with van der Waals surface area (Å²) < 4.78 is 0. The van der Waals surface area contributed by atoms with E-state index in [0.29, 0.717) is 0 Å². The van der Waals surface area contributed by atoms with Crippen molar-refractivity contribution in [3.05, 3.63) is 0 Å². The zero-order valence-electron chi connectivity index (χ0n) is 13.8. The van der Waals surface area contributed by atoms with Crippen LogP contribution in [-0.2, 0) is 0 Å². The number of halogens is 1. The average molecular weight is 330 g/mol. The zero-order chi connectivity index (χ0) is 16.2. The molecule has 0 aromatic carbocycles. The van der Waals surface area contributed by atoms with Gasteiger partial charge in [-0.05, 0) is 0 Å². The fourth-order valence-electron chi connectivity index (χ4n) is 0. The van der Waals surface area contributed by atoms with E-state index in [0.717, 1.165) is 0 Å². The Morgan fingerprint density at radius 2 is 0.400 bits per heavy atom. The summed E-state index contributed by atoms with van der Waals surface area (Å²) in [7, 11) is 0. The Balaban J connectivity index is -0.0000000141. The maximum Gasteiger partial charge on any atom is 2.00 e. The van der Waals surface area contributed by atoms with Crippen molar-refractivity contribution >= 4 is 23.1 Å². The Bertz CT molecular complexity index is 43.4. The van der Waals surface area contributed by atoms with Gasteiger partial charge in [-0.1, -0.05) is 41.5 Å². The van der Waals surface area contributed by atoms with Crippen LogP contribution < -0.4 is 43.0 Å². The summed E-state index contributed by atoms with van der Waals surface area (Å²) in [5.74, 6) is 0. The second-order valence-electron chi connectivity index (χ2n) is 1.73. The van der Waals surface area contributed by atoms with Crippen molar-refractivity contribution in [2.24, 2.45) is 0 Å². The Morgan fingerprint density at radius 3 is 0.400 bits per heavy atom. The van der Waals surface area contributed by atoms with E-state index in [1.54, 1.807) is 41.5 Å². The van der Waals surface area contributed by atoms with Crippen molar-refractivity contribution in [1.82, 2.24) is 0 Å². The van der Waals surface area contributed by atoms with Crippen molar-refractivity contribution in [2.75, 3.05) is 39.6 Å². The first-order valence-electron chi connectivity index (χ1n) is 5.97. The summed E-state index contributed by atoms with van der Waals surface area (Å²) in [5.41, 5.74) is 0. The third-order valence-electron chi connectivity index (χ3n) is 0. The third kappa shape index (κ3) is 8960. The molecule has 6 nitrogen and oxygen atoms in total. The van der Waals surface area contributed by atoms with Crippen LogP contribution in [0.4, 0.5) is 0 Å². The average Bonchev–Trinajstić information content (AvgIpc) is 2.23. The minimum absolute atomic E-state index is 0. The molecule has 0 aliphatic carbocycles. The summed E-state index contributed by atoms with van der Waals surface area (Å²) in [6.07, 6.45) is 0. The quantitative estimate of drug-likeness (QED) is 0.404. The zero-order valence-corrected chi connectivity index (χ0v) is 15.9. The monoisotopic (exact) mass is 329 g/mol. The van der Waals surface area contributed by atoms with Gasteiger partial charge in [0.25, 0.3) is 0 Å². The Kier molecular flexibility index (Phi) is 376. The van der Waals surface area contributed by atoms with Gasteiger partial charge in [-0.3, -0.25) is 0 Å². The summed E-state index contributed by atoms with van der Waals surface area (Å²) in [4.78, 5) is 0. The number of hydrogen-bond acceptors (Lipinski definition) is 6. The standard InChI is InChI=1S/6C2H5O.ClH.Mg/c6*1-2-3;;/h6*2H2,1H3;1H;/q6*-1;;+2/p-1.